The van der Waals surface area contributed by atoms with Crippen molar-refractivity contribution in [3.8, 4) is 0 Å². The molecule has 2 aliphatic heterocycles. The molecule has 0 N–H and O–H groups in total. The van der Waals surface area contributed by atoms with Gasteiger partial charge in [0, 0.05) is 35.0 Å². The molecule has 3 aromatic rings. The highest BCUT2D eigenvalue weighted by atomic mass is 32.1. The van der Waals surface area contributed by atoms with Gasteiger partial charge in [-0.15, -0.1) is 11.3 Å². The maximum Gasteiger partial charge on any atom is 0.414 e. The van der Waals surface area contributed by atoms with Crippen molar-refractivity contribution in [2.75, 3.05) is 42.6 Å². The number of amides is 2. The number of hydrogen-bond acceptors (Lipinski definition) is 6. The molecule has 0 bridgehead atoms. The number of carbonyl (C=O) groups is 2. The van der Waals surface area contributed by atoms with Crippen LogP contribution < -0.4 is 9.80 Å². The van der Waals surface area contributed by atoms with Crippen LogP contribution in [0.1, 0.15) is 15.3 Å². The number of cyclic esters (lactones) is 1. The fourth-order valence-electron chi connectivity index (χ4n) is 4.50. The Hall–Kier alpha value is -3.62. The minimum absolute atomic E-state index is 0.0608. The van der Waals surface area contributed by atoms with Crippen molar-refractivity contribution in [1.82, 2.24) is 4.90 Å². The van der Waals surface area contributed by atoms with Gasteiger partial charge in [-0.2, -0.15) is 0 Å². The largest absolute Gasteiger partial charge is 0.442 e. The molecule has 0 spiro atoms. The van der Waals surface area contributed by atoms with E-state index in [2.05, 4.69) is 42.7 Å². The molecule has 1 atom stereocenters. The van der Waals surface area contributed by atoms with Gasteiger partial charge in [0.2, 0.25) is 0 Å². The van der Waals surface area contributed by atoms with Crippen LogP contribution in [0.15, 0.2) is 73.3 Å². The Kier molecular flexibility index (Phi) is 7.06. The lowest BCUT2D eigenvalue weighted by Gasteiger charge is -2.28. The smallest absolute Gasteiger partial charge is 0.414 e. The van der Waals surface area contributed by atoms with Gasteiger partial charge in [0.1, 0.15) is 12.7 Å². The van der Waals surface area contributed by atoms with Gasteiger partial charge in [0.05, 0.1) is 24.6 Å². The minimum atomic E-state index is -0.368. The minimum Gasteiger partial charge on any atom is -0.442 e. The first-order valence-corrected chi connectivity index (χ1v) is 12.8. The second-order valence-corrected chi connectivity index (χ2v) is 10.2. The lowest BCUT2D eigenvalue weighted by Crippen LogP contribution is -2.41. The van der Waals surface area contributed by atoms with Gasteiger partial charge >= 0.3 is 6.09 Å². The Labute approximate surface area is 215 Å². The molecule has 0 aliphatic carbocycles. The molecule has 2 aliphatic rings. The predicted molar refractivity (Wildman–Crippen MR) is 142 cm³/mol. The molecule has 7 nitrogen and oxygen atoms in total. The molecular weight excluding hydrogens is 474 g/mol. The summed E-state index contributed by atoms with van der Waals surface area (Å²) in [4.78, 5) is 32.8. The first kappa shape index (κ1) is 24.1. The zero-order valence-corrected chi connectivity index (χ0v) is 21.1. The monoisotopic (exact) mass is 503 g/mol. The van der Waals surface area contributed by atoms with Gasteiger partial charge in [0.25, 0.3) is 5.91 Å². The Morgan fingerprint density at radius 2 is 1.75 bits per heavy atom. The standard InChI is InChI=1S/C28H29N3O4S/c1-20-8-13-26(36-20)21(2)29(16-22-6-4-3-5-7-22)17-25-18-31(28(33)35-25)24-11-9-23(10-12-24)30-14-15-34-19-27(30)32/h3-13,25H,2,14-19H2,1H3. The number of nitrogens with zero attached hydrogens (tertiary/aromatic N) is 3. The topological polar surface area (TPSA) is 62.3 Å². The maximum atomic E-state index is 12.8. The zero-order chi connectivity index (χ0) is 25.1. The molecule has 3 heterocycles. The SMILES string of the molecule is C=C(c1ccc(C)s1)N(Cc1ccccc1)CC1CN(c2ccc(N3CCOCC3=O)cc2)C(=O)O1. The van der Waals surface area contributed by atoms with Crippen LogP contribution in [0.4, 0.5) is 16.2 Å². The van der Waals surface area contributed by atoms with E-state index in [4.69, 9.17) is 9.47 Å². The fourth-order valence-corrected chi connectivity index (χ4v) is 5.36. The third kappa shape index (κ3) is 5.29. The van der Waals surface area contributed by atoms with Gasteiger partial charge in [0.15, 0.2) is 0 Å². The predicted octanol–water partition coefficient (Wildman–Crippen LogP) is 4.92. The van der Waals surface area contributed by atoms with Crippen molar-refractivity contribution in [2.45, 2.75) is 19.6 Å². The van der Waals surface area contributed by atoms with Crippen molar-refractivity contribution >= 4 is 40.4 Å². The van der Waals surface area contributed by atoms with Crippen molar-refractivity contribution in [1.29, 1.82) is 0 Å². The Balaban J connectivity index is 1.29. The number of benzene rings is 2. The fraction of sp³-hybridized carbons (Fsp3) is 0.286. The van der Waals surface area contributed by atoms with Crippen LogP contribution in [0, 0.1) is 6.92 Å². The molecule has 2 fully saturated rings. The van der Waals surface area contributed by atoms with Crippen molar-refractivity contribution < 1.29 is 19.1 Å². The first-order valence-electron chi connectivity index (χ1n) is 12.0. The van der Waals surface area contributed by atoms with E-state index in [0.29, 0.717) is 32.8 Å². The molecule has 36 heavy (non-hydrogen) atoms. The molecule has 0 saturated carbocycles. The lowest BCUT2D eigenvalue weighted by atomic mass is 10.1. The second kappa shape index (κ2) is 10.6. The van der Waals surface area contributed by atoms with E-state index in [0.717, 1.165) is 21.9 Å². The third-order valence-electron chi connectivity index (χ3n) is 6.38. The van der Waals surface area contributed by atoms with Crippen LogP contribution in [-0.2, 0) is 20.8 Å². The van der Waals surface area contributed by atoms with Gasteiger partial charge in [-0.25, -0.2) is 4.79 Å². The third-order valence-corrected chi connectivity index (χ3v) is 7.43. The second-order valence-electron chi connectivity index (χ2n) is 8.95. The van der Waals surface area contributed by atoms with E-state index < -0.39 is 0 Å². The molecule has 2 saturated heterocycles. The first-order chi connectivity index (χ1) is 17.5. The van der Waals surface area contributed by atoms with Gasteiger partial charge in [-0.05, 0) is 48.9 Å². The Morgan fingerprint density at radius 3 is 2.42 bits per heavy atom. The van der Waals surface area contributed by atoms with E-state index >= 15 is 0 Å². The van der Waals surface area contributed by atoms with Crippen LogP contribution >= 0.6 is 11.3 Å². The number of hydrogen-bond donors (Lipinski definition) is 0. The number of morpholine rings is 1. The molecule has 0 radical (unpaired) electrons. The van der Waals surface area contributed by atoms with Crippen molar-refractivity contribution in [3.63, 3.8) is 0 Å². The van der Waals surface area contributed by atoms with Crippen LogP contribution in [0.5, 0.6) is 0 Å². The quantitative estimate of drug-likeness (QED) is 0.437. The summed E-state index contributed by atoms with van der Waals surface area (Å²) in [6, 6.07) is 21.9. The van der Waals surface area contributed by atoms with E-state index in [1.54, 1.807) is 21.1 Å². The van der Waals surface area contributed by atoms with E-state index in [-0.39, 0.29) is 24.7 Å². The Morgan fingerprint density at radius 1 is 1.03 bits per heavy atom. The van der Waals surface area contributed by atoms with Gasteiger partial charge in [-0.1, -0.05) is 36.9 Å². The average molecular weight is 504 g/mol. The summed E-state index contributed by atoms with van der Waals surface area (Å²) < 4.78 is 11.0. The van der Waals surface area contributed by atoms with Crippen LogP contribution in [-0.4, -0.2) is 55.9 Å². The number of rotatable bonds is 8. The molecule has 1 aromatic heterocycles. The molecule has 5 rings (SSSR count). The maximum absolute atomic E-state index is 12.8. The summed E-state index contributed by atoms with van der Waals surface area (Å²) in [5, 5.41) is 0. The van der Waals surface area contributed by atoms with E-state index in [9.17, 15) is 9.59 Å². The number of anilines is 2. The highest BCUT2D eigenvalue weighted by molar-refractivity contribution is 7.13. The summed E-state index contributed by atoms with van der Waals surface area (Å²) in [5.41, 5.74) is 3.63. The summed E-state index contributed by atoms with van der Waals surface area (Å²) in [6.45, 7) is 9.24. The molecular formula is C28H29N3O4S. The molecule has 8 heteroatoms. The number of carbonyl (C=O) groups excluding carboxylic acids is 2. The summed E-state index contributed by atoms with van der Waals surface area (Å²) in [6.07, 6.45) is -0.674. The normalized spacial score (nSPS) is 17.9. The van der Waals surface area contributed by atoms with Gasteiger partial charge < -0.3 is 19.3 Å². The number of ether oxygens (including phenoxy) is 2. The lowest BCUT2D eigenvalue weighted by molar-refractivity contribution is -0.125. The van der Waals surface area contributed by atoms with Gasteiger partial charge in [-0.3, -0.25) is 9.69 Å². The van der Waals surface area contributed by atoms with Crippen LogP contribution in [0.25, 0.3) is 5.70 Å². The number of thiophene rings is 1. The highest BCUT2D eigenvalue weighted by Crippen LogP contribution is 2.30. The Bertz CT molecular complexity index is 1240. The van der Waals surface area contributed by atoms with Crippen LogP contribution in [0.3, 0.4) is 0 Å². The van der Waals surface area contributed by atoms with E-state index in [1.165, 1.54) is 10.4 Å². The molecule has 1 unspecified atom stereocenters. The van der Waals surface area contributed by atoms with Crippen molar-refractivity contribution in [3.05, 3.63) is 88.6 Å². The summed E-state index contributed by atoms with van der Waals surface area (Å²) in [5.74, 6) is -0.0608. The molecule has 2 amide bonds. The summed E-state index contributed by atoms with van der Waals surface area (Å²) in [7, 11) is 0. The molecule has 2 aromatic carbocycles. The van der Waals surface area contributed by atoms with Crippen molar-refractivity contribution in [2.24, 2.45) is 0 Å². The molecule has 186 valence electrons. The zero-order valence-electron chi connectivity index (χ0n) is 20.3. The average Bonchev–Trinajstić information content (AvgIpc) is 3.49. The van der Waals surface area contributed by atoms with Crippen LogP contribution in [0.2, 0.25) is 0 Å². The number of aryl methyl sites for hydroxylation is 1. The summed E-state index contributed by atoms with van der Waals surface area (Å²) >= 11 is 1.71. The highest BCUT2D eigenvalue weighted by Gasteiger charge is 2.34. The van der Waals surface area contributed by atoms with E-state index in [1.807, 2.05) is 42.5 Å².